The van der Waals surface area contributed by atoms with Crippen LogP contribution in [0.2, 0.25) is 0 Å². The highest BCUT2D eigenvalue weighted by molar-refractivity contribution is 7.15. The monoisotopic (exact) mass is 322 g/mol. The molecule has 0 unspecified atom stereocenters. The summed E-state index contributed by atoms with van der Waals surface area (Å²) in [6.45, 7) is 4.96. The van der Waals surface area contributed by atoms with Crippen molar-refractivity contribution in [3.8, 4) is 0 Å². The van der Waals surface area contributed by atoms with Crippen molar-refractivity contribution in [2.24, 2.45) is 0 Å². The predicted molar refractivity (Wildman–Crippen MR) is 81.7 cm³/mol. The summed E-state index contributed by atoms with van der Waals surface area (Å²) in [5, 5.41) is 16.1. The van der Waals surface area contributed by atoms with Crippen molar-refractivity contribution in [3.05, 3.63) is 23.5 Å². The first-order valence-electron chi connectivity index (χ1n) is 7.10. The smallest absolute Gasteiger partial charge is 0.240 e. The Morgan fingerprint density at radius 1 is 1.55 bits per heavy atom. The van der Waals surface area contributed by atoms with E-state index >= 15 is 0 Å². The summed E-state index contributed by atoms with van der Waals surface area (Å²) in [6.07, 6.45) is 3.70. The van der Waals surface area contributed by atoms with Crippen LogP contribution in [-0.2, 0) is 16.1 Å². The Morgan fingerprint density at radius 2 is 2.45 bits per heavy atom. The van der Waals surface area contributed by atoms with Crippen LogP contribution in [-0.4, -0.2) is 63.1 Å². The normalized spacial score (nSPS) is 19.2. The molecule has 2 aromatic rings. The number of amides is 1. The maximum Gasteiger partial charge on any atom is 0.240 e. The largest absolute Gasteiger partial charge is 0.374 e. The van der Waals surface area contributed by atoms with Gasteiger partial charge in [-0.3, -0.25) is 19.7 Å². The molecule has 0 saturated carbocycles. The molecule has 0 spiro atoms. The van der Waals surface area contributed by atoms with Crippen LogP contribution in [0.5, 0.6) is 0 Å². The second-order valence-electron chi connectivity index (χ2n) is 5.13. The molecule has 1 amide bonds. The molecule has 1 fully saturated rings. The fourth-order valence-corrected chi connectivity index (χ4v) is 2.97. The zero-order valence-corrected chi connectivity index (χ0v) is 13.1. The molecule has 9 heteroatoms. The molecule has 1 aliphatic heterocycles. The summed E-state index contributed by atoms with van der Waals surface area (Å²) in [7, 11) is 0. The fraction of sp³-hybridized carbons (Fsp3) is 0.538. The average Bonchev–Trinajstić information content (AvgIpc) is 3.11. The molecule has 3 heterocycles. The lowest BCUT2D eigenvalue weighted by Gasteiger charge is -2.32. The topological polar surface area (TPSA) is 85.2 Å². The van der Waals surface area contributed by atoms with E-state index in [0.717, 1.165) is 11.6 Å². The number of morpholine rings is 1. The van der Waals surface area contributed by atoms with Gasteiger partial charge in [0.25, 0.3) is 0 Å². The van der Waals surface area contributed by atoms with Crippen LogP contribution in [0.3, 0.4) is 0 Å². The summed E-state index contributed by atoms with van der Waals surface area (Å²) < 4.78 is 7.58. The Hall–Kier alpha value is -1.84. The molecule has 3 rings (SSSR count). The van der Waals surface area contributed by atoms with Gasteiger partial charge in [0, 0.05) is 25.5 Å². The SMILES string of the molecule is Cc1nnc(NC(=O)CN2CCO[C@H](Cn3cccn3)C2)s1. The van der Waals surface area contributed by atoms with Gasteiger partial charge in [-0.2, -0.15) is 5.10 Å². The average molecular weight is 322 g/mol. The van der Waals surface area contributed by atoms with E-state index in [0.29, 0.717) is 31.4 Å². The molecule has 0 aliphatic carbocycles. The minimum Gasteiger partial charge on any atom is -0.374 e. The zero-order valence-electron chi connectivity index (χ0n) is 12.3. The van der Waals surface area contributed by atoms with Crippen molar-refractivity contribution in [3.63, 3.8) is 0 Å². The molecule has 0 aromatic carbocycles. The molecule has 0 bridgehead atoms. The Balaban J connectivity index is 1.48. The summed E-state index contributed by atoms with van der Waals surface area (Å²) in [5.74, 6) is -0.0733. The Labute approximate surface area is 132 Å². The number of nitrogens with one attached hydrogen (secondary N) is 1. The minimum absolute atomic E-state index is 0.0465. The third-order valence-corrected chi connectivity index (χ3v) is 4.07. The van der Waals surface area contributed by atoms with E-state index < -0.39 is 0 Å². The number of carbonyl (C=O) groups is 1. The third-order valence-electron chi connectivity index (χ3n) is 3.31. The van der Waals surface area contributed by atoms with Gasteiger partial charge in [0.2, 0.25) is 11.0 Å². The van der Waals surface area contributed by atoms with Crippen LogP contribution in [0, 0.1) is 6.92 Å². The Morgan fingerprint density at radius 3 is 3.18 bits per heavy atom. The number of ether oxygens (including phenoxy) is 1. The van der Waals surface area contributed by atoms with E-state index in [2.05, 4.69) is 25.5 Å². The lowest BCUT2D eigenvalue weighted by Crippen LogP contribution is -2.47. The van der Waals surface area contributed by atoms with E-state index in [9.17, 15) is 4.79 Å². The highest BCUT2D eigenvalue weighted by Gasteiger charge is 2.23. The number of anilines is 1. The molecule has 1 aliphatic rings. The van der Waals surface area contributed by atoms with Crippen molar-refractivity contribution in [1.82, 2.24) is 24.9 Å². The highest BCUT2D eigenvalue weighted by atomic mass is 32.1. The summed E-state index contributed by atoms with van der Waals surface area (Å²) in [6, 6.07) is 1.89. The lowest BCUT2D eigenvalue weighted by molar-refractivity contribution is -0.119. The van der Waals surface area contributed by atoms with E-state index in [-0.39, 0.29) is 12.0 Å². The number of aromatic nitrogens is 4. The molecule has 8 nitrogen and oxygen atoms in total. The molecule has 1 N–H and O–H groups in total. The first kappa shape index (κ1) is 15.1. The van der Waals surface area contributed by atoms with Crippen LogP contribution >= 0.6 is 11.3 Å². The number of aryl methyl sites for hydroxylation is 1. The Bertz CT molecular complexity index is 614. The van der Waals surface area contributed by atoms with Crippen LogP contribution in [0.1, 0.15) is 5.01 Å². The van der Waals surface area contributed by atoms with Gasteiger partial charge in [0.15, 0.2) is 0 Å². The van der Waals surface area contributed by atoms with E-state index in [4.69, 9.17) is 4.74 Å². The first-order chi connectivity index (χ1) is 10.7. The number of nitrogens with zero attached hydrogens (tertiary/aromatic N) is 5. The van der Waals surface area contributed by atoms with Gasteiger partial charge in [-0.05, 0) is 13.0 Å². The van der Waals surface area contributed by atoms with E-state index in [1.54, 1.807) is 6.20 Å². The second kappa shape index (κ2) is 6.95. The fourth-order valence-electron chi connectivity index (χ4n) is 2.36. The summed E-state index contributed by atoms with van der Waals surface area (Å²) >= 11 is 1.37. The van der Waals surface area contributed by atoms with Crippen molar-refractivity contribution in [1.29, 1.82) is 0 Å². The number of rotatable bonds is 5. The molecule has 2 aromatic heterocycles. The minimum atomic E-state index is -0.0733. The van der Waals surface area contributed by atoms with Gasteiger partial charge in [-0.1, -0.05) is 11.3 Å². The van der Waals surface area contributed by atoms with Gasteiger partial charge in [0.1, 0.15) is 5.01 Å². The highest BCUT2D eigenvalue weighted by Crippen LogP contribution is 2.14. The quantitative estimate of drug-likeness (QED) is 0.857. The maximum absolute atomic E-state index is 12.0. The summed E-state index contributed by atoms with van der Waals surface area (Å²) in [5.41, 5.74) is 0. The third kappa shape index (κ3) is 4.09. The van der Waals surface area contributed by atoms with Crippen LogP contribution in [0.4, 0.5) is 5.13 Å². The summed E-state index contributed by atoms with van der Waals surface area (Å²) in [4.78, 5) is 14.1. The molecule has 1 atom stereocenters. The number of hydrogen-bond acceptors (Lipinski definition) is 7. The predicted octanol–water partition coefficient (Wildman–Crippen LogP) is 0.383. The molecular weight excluding hydrogens is 304 g/mol. The van der Waals surface area contributed by atoms with Gasteiger partial charge in [0.05, 0.1) is 25.8 Å². The van der Waals surface area contributed by atoms with Crippen molar-refractivity contribution in [2.75, 3.05) is 31.6 Å². The standard InChI is InChI=1S/C13H18N6O2S/c1-10-16-17-13(22-10)15-12(20)9-18-5-6-21-11(7-18)8-19-4-2-3-14-19/h2-4,11H,5-9H2,1H3,(H,15,17,20)/t11-/m0/s1. The van der Waals surface area contributed by atoms with Crippen LogP contribution in [0.15, 0.2) is 18.5 Å². The van der Waals surface area contributed by atoms with Crippen LogP contribution < -0.4 is 5.32 Å². The molecule has 22 heavy (non-hydrogen) atoms. The molecule has 1 saturated heterocycles. The first-order valence-corrected chi connectivity index (χ1v) is 7.92. The second-order valence-corrected chi connectivity index (χ2v) is 6.31. The van der Waals surface area contributed by atoms with Crippen molar-refractivity contribution >= 4 is 22.4 Å². The Kier molecular flexibility index (Phi) is 4.76. The van der Waals surface area contributed by atoms with Crippen molar-refractivity contribution in [2.45, 2.75) is 19.6 Å². The van der Waals surface area contributed by atoms with Crippen LogP contribution in [0.25, 0.3) is 0 Å². The van der Waals surface area contributed by atoms with E-state index in [1.165, 1.54) is 11.3 Å². The maximum atomic E-state index is 12.0. The molecular formula is C13H18N6O2S. The number of hydrogen-bond donors (Lipinski definition) is 1. The van der Waals surface area contributed by atoms with Gasteiger partial charge >= 0.3 is 0 Å². The van der Waals surface area contributed by atoms with E-state index in [1.807, 2.05) is 23.9 Å². The van der Waals surface area contributed by atoms with Crippen molar-refractivity contribution < 1.29 is 9.53 Å². The molecule has 0 radical (unpaired) electrons. The molecule has 118 valence electrons. The van der Waals surface area contributed by atoms with Gasteiger partial charge < -0.3 is 4.74 Å². The van der Waals surface area contributed by atoms with Gasteiger partial charge in [-0.15, -0.1) is 10.2 Å². The zero-order chi connectivity index (χ0) is 15.4. The van der Waals surface area contributed by atoms with Gasteiger partial charge in [-0.25, -0.2) is 0 Å². The lowest BCUT2D eigenvalue weighted by atomic mass is 10.2. The number of carbonyl (C=O) groups excluding carboxylic acids is 1.